The van der Waals surface area contributed by atoms with Gasteiger partial charge in [-0.15, -0.1) is 0 Å². The fraction of sp³-hybridized carbons (Fsp3) is 0.538. The minimum atomic E-state index is -3.54. The molecule has 0 amide bonds. The molecule has 0 fully saturated rings. The highest BCUT2D eigenvalue weighted by Gasteiger charge is 2.18. The van der Waals surface area contributed by atoms with Crippen LogP contribution in [0.2, 0.25) is 0 Å². The maximum atomic E-state index is 12.9. The molecule has 0 unspecified atom stereocenters. The van der Waals surface area contributed by atoms with E-state index in [9.17, 15) is 12.8 Å². The van der Waals surface area contributed by atoms with Gasteiger partial charge in [0.05, 0.1) is 4.90 Å². The minimum Gasteiger partial charge on any atom is -0.211 e. The van der Waals surface area contributed by atoms with Crippen LogP contribution in [0.4, 0.5) is 4.39 Å². The zero-order chi connectivity index (χ0) is 13.8. The fourth-order valence-electron chi connectivity index (χ4n) is 1.80. The molecule has 0 saturated carbocycles. The van der Waals surface area contributed by atoms with E-state index in [1.54, 1.807) is 6.92 Å². The van der Waals surface area contributed by atoms with Crippen LogP contribution in [0.15, 0.2) is 23.1 Å². The van der Waals surface area contributed by atoms with Crippen molar-refractivity contribution in [3.63, 3.8) is 0 Å². The summed E-state index contributed by atoms with van der Waals surface area (Å²) in [4.78, 5) is 0.148. The van der Waals surface area contributed by atoms with E-state index in [1.165, 1.54) is 18.2 Å². The van der Waals surface area contributed by atoms with E-state index in [4.69, 9.17) is 0 Å². The Kier molecular flexibility index (Phi) is 5.28. The highest BCUT2D eigenvalue weighted by atomic mass is 32.2. The summed E-state index contributed by atoms with van der Waals surface area (Å²) in [6, 6.07) is 3.70. The van der Waals surface area contributed by atoms with E-state index in [0.717, 1.165) is 12.8 Å². The van der Waals surface area contributed by atoms with Gasteiger partial charge >= 0.3 is 0 Å². The number of hydrogen-bond acceptors (Lipinski definition) is 2. The summed E-state index contributed by atoms with van der Waals surface area (Å²) >= 11 is 0. The zero-order valence-electron chi connectivity index (χ0n) is 11.0. The molecule has 5 heteroatoms. The molecule has 1 aromatic carbocycles. The van der Waals surface area contributed by atoms with Crippen LogP contribution in [0, 0.1) is 18.7 Å². The summed E-state index contributed by atoms with van der Waals surface area (Å²) in [7, 11) is -3.54. The minimum absolute atomic E-state index is 0.148. The van der Waals surface area contributed by atoms with Crippen LogP contribution in [-0.2, 0) is 10.0 Å². The first kappa shape index (κ1) is 15.1. The van der Waals surface area contributed by atoms with Gasteiger partial charge in [0.15, 0.2) is 0 Å². The van der Waals surface area contributed by atoms with E-state index in [2.05, 4.69) is 4.72 Å². The molecule has 0 aromatic heterocycles. The van der Waals surface area contributed by atoms with Gasteiger partial charge in [-0.1, -0.05) is 26.7 Å². The Morgan fingerprint density at radius 2 is 1.89 bits per heavy atom. The molecule has 0 aliphatic heterocycles. The molecule has 0 spiro atoms. The zero-order valence-corrected chi connectivity index (χ0v) is 11.8. The molecule has 0 radical (unpaired) electrons. The average molecular weight is 273 g/mol. The third-order valence-corrected chi connectivity index (χ3v) is 4.73. The van der Waals surface area contributed by atoms with Gasteiger partial charge in [0.25, 0.3) is 0 Å². The molecular formula is C13H20FNO2S. The summed E-state index contributed by atoms with van der Waals surface area (Å²) < 4.78 is 39.7. The Morgan fingerprint density at radius 1 is 1.28 bits per heavy atom. The summed E-state index contributed by atoms with van der Waals surface area (Å²) in [5.74, 6) is -0.0908. The lowest BCUT2D eigenvalue weighted by molar-refractivity contribution is 0.478. The summed E-state index contributed by atoms with van der Waals surface area (Å²) in [6.07, 6.45) is 1.86. The third-order valence-electron chi connectivity index (χ3n) is 3.14. The standard InChI is InChI=1S/C13H20FNO2S/c1-4-11(5-2)9-15-18(16,17)13-7-6-12(14)8-10(13)3/h6-8,11,15H,4-5,9H2,1-3H3. The Balaban J connectivity index is 2.86. The topological polar surface area (TPSA) is 46.2 Å². The van der Waals surface area contributed by atoms with Gasteiger partial charge in [-0.2, -0.15) is 0 Å². The van der Waals surface area contributed by atoms with Crippen molar-refractivity contribution in [3.05, 3.63) is 29.6 Å². The lowest BCUT2D eigenvalue weighted by Crippen LogP contribution is -2.29. The first-order valence-corrected chi connectivity index (χ1v) is 7.64. The van der Waals surface area contributed by atoms with Gasteiger partial charge in [-0.3, -0.25) is 0 Å². The predicted molar refractivity (Wildman–Crippen MR) is 70.4 cm³/mol. The van der Waals surface area contributed by atoms with Crippen LogP contribution in [0.5, 0.6) is 0 Å². The van der Waals surface area contributed by atoms with Crippen molar-refractivity contribution in [2.45, 2.75) is 38.5 Å². The van der Waals surface area contributed by atoms with Gasteiger partial charge in [0.1, 0.15) is 5.82 Å². The normalized spacial score (nSPS) is 12.1. The first-order valence-electron chi connectivity index (χ1n) is 6.16. The highest BCUT2D eigenvalue weighted by Crippen LogP contribution is 2.16. The predicted octanol–water partition coefficient (Wildman–Crippen LogP) is 2.85. The van der Waals surface area contributed by atoms with Crippen molar-refractivity contribution < 1.29 is 12.8 Å². The summed E-state index contributed by atoms with van der Waals surface area (Å²) in [5, 5.41) is 0. The number of rotatable bonds is 6. The molecule has 1 aromatic rings. The van der Waals surface area contributed by atoms with E-state index < -0.39 is 15.8 Å². The van der Waals surface area contributed by atoms with Crippen molar-refractivity contribution >= 4 is 10.0 Å². The number of sulfonamides is 1. The Hall–Kier alpha value is -0.940. The first-order chi connectivity index (χ1) is 8.40. The Morgan fingerprint density at radius 3 is 2.39 bits per heavy atom. The molecule has 0 saturated heterocycles. The second kappa shape index (κ2) is 6.29. The number of aryl methyl sites for hydroxylation is 1. The van der Waals surface area contributed by atoms with E-state index in [-0.39, 0.29) is 4.90 Å². The Bertz CT molecular complexity index is 496. The number of nitrogens with one attached hydrogen (secondary N) is 1. The molecule has 0 atom stereocenters. The second-order valence-electron chi connectivity index (χ2n) is 4.44. The van der Waals surface area contributed by atoms with Crippen LogP contribution >= 0.6 is 0 Å². The van der Waals surface area contributed by atoms with Crippen LogP contribution in [0.25, 0.3) is 0 Å². The SMILES string of the molecule is CCC(CC)CNS(=O)(=O)c1ccc(F)cc1C. The van der Waals surface area contributed by atoms with Gasteiger partial charge in [-0.25, -0.2) is 17.5 Å². The number of benzene rings is 1. The van der Waals surface area contributed by atoms with Crippen molar-refractivity contribution in [1.82, 2.24) is 4.72 Å². The Labute approximate surface area is 108 Å². The highest BCUT2D eigenvalue weighted by molar-refractivity contribution is 7.89. The smallest absolute Gasteiger partial charge is 0.211 e. The summed E-state index contributed by atoms with van der Waals surface area (Å²) in [6.45, 7) is 6.08. The second-order valence-corrected chi connectivity index (χ2v) is 6.18. The largest absolute Gasteiger partial charge is 0.240 e. The lowest BCUT2D eigenvalue weighted by atomic mass is 10.0. The van der Waals surface area contributed by atoms with Crippen molar-refractivity contribution in [1.29, 1.82) is 0 Å². The molecule has 18 heavy (non-hydrogen) atoms. The van der Waals surface area contributed by atoms with Crippen LogP contribution < -0.4 is 4.72 Å². The molecule has 1 N–H and O–H groups in total. The van der Waals surface area contributed by atoms with E-state index >= 15 is 0 Å². The van der Waals surface area contributed by atoms with Crippen molar-refractivity contribution in [2.75, 3.05) is 6.54 Å². The maximum Gasteiger partial charge on any atom is 0.240 e. The average Bonchev–Trinajstić information content (AvgIpc) is 2.29. The van der Waals surface area contributed by atoms with E-state index in [1.807, 2.05) is 13.8 Å². The van der Waals surface area contributed by atoms with Gasteiger partial charge in [0, 0.05) is 6.54 Å². The number of halogens is 1. The molecule has 0 bridgehead atoms. The monoisotopic (exact) mass is 273 g/mol. The lowest BCUT2D eigenvalue weighted by Gasteiger charge is -2.14. The van der Waals surface area contributed by atoms with Crippen LogP contribution in [0.1, 0.15) is 32.3 Å². The molecule has 0 aliphatic carbocycles. The summed E-state index contributed by atoms with van der Waals surface area (Å²) in [5.41, 5.74) is 0.423. The van der Waals surface area contributed by atoms with Crippen LogP contribution in [0.3, 0.4) is 0 Å². The molecule has 1 rings (SSSR count). The van der Waals surface area contributed by atoms with Gasteiger partial charge in [-0.05, 0) is 36.6 Å². The molecule has 102 valence electrons. The van der Waals surface area contributed by atoms with Crippen molar-refractivity contribution in [3.8, 4) is 0 Å². The van der Waals surface area contributed by atoms with Gasteiger partial charge < -0.3 is 0 Å². The van der Waals surface area contributed by atoms with E-state index in [0.29, 0.717) is 18.0 Å². The van der Waals surface area contributed by atoms with Gasteiger partial charge in [0.2, 0.25) is 10.0 Å². The molecule has 0 aliphatic rings. The molecular weight excluding hydrogens is 253 g/mol. The quantitative estimate of drug-likeness (QED) is 0.866. The third kappa shape index (κ3) is 3.78. The number of hydrogen-bond donors (Lipinski definition) is 1. The van der Waals surface area contributed by atoms with Crippen LogP contribution in [-0.4, -0.2) is 15.0 Å². The maximum absolute atomic E-state index is 12.9. The molecule has 3 nitrogen and oxygen atoms in total. The van der Waals surface area contributed by atoms with Crippen molar-refractivity contribution in [2.24, 2.45) is 5.92 Å². The fourth-order valence-corrected chi connectivity index (χ4v) is 3.14. The molecule has 0 heterocycles.